The van der Waals surface area contributed by atoms with Crippen LogP contribution in [0.1, 0.15) is 11.5 Å². The zero-order chi connectivity index (χ0) is 16.9. The molecule has 0 amide bonds. The summed E-state index contributed by atoms with van der Waals surface area (Å²) in [5, 5.41) is 3.91. The van der Waals surface area contributed by atoms with Crippen molar-refractivity contribution in [3.05, 3.63) is 53.9 Å². The highest BCUT2D eigenvalue weighted by molar-refractivity contribution is 5.60. The standard InChI is InChI=1S/C18H18N2O4/c1-12-19-18(20-24-12)13-8-9-16(17(10-13)22-3)23-11-14-6-4-5-7-15(14)21-2/h4-10H,11H2,1-3H3. The Morgan fingerprint density at radius 1 is 0.958 bits per heavy atom. The van der Waals surface area contributed by atoms with Gasteiger partial charge in [-0.2, -0.15) is 4.98 Å². The Kier molecular flexibility index (Phi) is 4.65. The van der Waals surface area contributed by atoms with Crippen LogP contribution >= 0.6 is 0 Å². The van der Waals surface area contributed by atoms with E-state index in [9.17, 15) is 0 Å². The Hall–Kier alpha value is -3.02. The van der Waals surface area contributed by atoms with Crippen LogP contribution in [0.3, 0.4) is 0 Å². The summed E-state index contributed by atoms with van der Waals surface area (Å²) in [5.74, 6) is 3.05. The second-order valence-electron chi connectivity index (χ2n) is 5.10. The molecule has 0 atom stereocenters. The van der Waals surface area contributed by atoms with Gasteiger partial charge >= 0.3 is 0 Å². The molecule has 0 aliphatic heterocycles. The van der Waals surface area contributed by atoms with Gasteiger partial charge < -0.3 is 18.7 Å². The van der Waals surface area contributed by atoms with Gasteiger partial charge in [0.2, 0.25) is 11.7 Å². The quantitative estimate of drug-likeness (QED) is 0.689. The smallest absolute Gasteiger partial charge is 0.223 e. The van der Waals surface area contributed by atoms with E-state index in [0.29, 0.717) is 29.8 Å². The SMILES string of the molecule is COc1ccccc1COc1ccc(-c2noc(C)n2)cc1OC. The van der Waals surface area contributed by atoms with E-state index in [0.717, 1.165) is 16.9 Å². The number of benzene rings is 2. The lowest BCUT2D eigenvalue weighted by atomic mass is 10.2. The van der Waals surface area contributed by atoms with E-state index in [2.05, 4.69) is 10.1 Å². The van der Waals surface area contributed by atoms with Crippen molar-refractivity contribution in [2.45, 2.75) is 13.5 Å². The van der Waals surface area contributed by atoms with E-state index in [1.165, 1.54) is 0 Å². The summed E-state index contributed by atoms with van der Waals surface area (Å²) in [6.07, 6.45) is 0. The van der Waals surface area contributed by atoms with Crippen molar-refractivity contribution in [3.63, 3.8) is 0 Å². The van der Waals surface area contributed by atoms with Crippen LogP contribution in [0.5, 0.6) is 17.2 Å². The Bertz CT molecular complexity index is 829. The molecular formula is C18H18N2O4. The van der Waals surface area contributed by atoms with Crippen molar-refractivity contribution in [2.75, 3.05) is 14.2 Å². The maximum atomic E-state index is 5.88. The minimum atomic E-state index is 0.376. The fourth-order valence-corrected chi connectivity index (χ4v) is 2.32. The first-order chi connectivity index (χ1) is 11.7. The summed E-state index contributed by atoms with van der Waals surface area (Å²) in [5.41, 5.74) is 1.76. The van der Waals surface area contributed by atoms with E-state index in [-0.39, 0.29) is 0 Å². The monoisotopic (exact) mass is 326 g/mol. The lowest BCUT2D eigenvalue weighted by Crippen LogP contribution is -2.00. The number of methoxy groups -OCH3 is 2. The maximum absolute atomic E-state index is 5.88. The molecule has 0 saturated heterocycles. The molecule has 1 aromatic heterocycles. The van der Waals surface area contributed by atoms with Crippen LogP contribution in [0, 0.1) is 6.92 Å². The maximum Gasteiger partial charge on any atom is 0.223 e. The van der Waals surface area contributed by atoms with Gasteiger partial charge in [0.05, 0.1) is 14.2 Å². The predicted molar refractivity (Wildman–Crippen MR) is 88.3 cm³/mol. The van der Waals surface area contributed by atoms with Crippen LogP contribution in [0.4, 0.5) is 0 Å². The van der Waals surface area contributed by atoms with Gasteiger partial charge in [0.25, 0.3) is 0 Å². The van der Waals surface area contributed by atoms with Crippen molar-refractivity contribution >= 4 is 0 Å². The van der Waals surface area contributed by atoms with Gasteiger partial charge in [-0.15, -0.1) is 0 Å². The Morgan fingerprint density at radius 3 is 2.46 bits per heavy atom. The molecule has 0 aliphatic carbocycles. The Labute approximate surface area is 140 Å². The first-order valence-corrected chi connectivity index (χ1v) is 7.44. The summed E-state index contributed by atoms with van der Waals surface area (Å²) in [6, 6.07) is 13.2. The first-order valence-electron chi connectivity index (χ1n) is 7.44. The molecule has 6 heteroatoms. The number of hydrogen-bond acceptors (Lipinski definition) is 6. The lowest BCUT2D eigenvalue weighted by Gasteiger charge is -2.13. The van der Waals surface area contributed by atoms with Crippen molar-refractivity contribution < 1.29 is 18.7 Å². The fraction of sp³-hybridized carbons (Fsp3) is 0.222. The Balaban J connectivity index is 1.81. The van der Waals surface area contributed by atoms with Gasteiger partial charge in [0.15, 0.2) is 11.5 Å². The van der Waals surface area contributed by atoms with E-state index in [4.69, 9.17) is 18.7 Å². The Morgan fingerprint density at radius 2 is 1.75 bits per heavy atom. The number of ether oxygens (including phenoxy) is 3. The van der Waals surface area contributed by atoms with E-state index in [1.54, 1.807) is 21.1 Å². The highest BCUT2D eigenvalue weighted by Crippen LogP contribution is 2.32. The molecule has 3 aromatic rings. The lowest BCUT2D eigenvalue weighted by molar-refractivity contribution is 0.278. The number of aryl methyl sites for hydroxylation is 1. The van der Waals surface area contributed by atoms with Gasteiger partial charge in [-0.1, -0.05) is 23.4 Å². The number of para-hydroxylation sites is 1. The first kappa shape index (κ1) is 15.9. The summed E-state index contributed by atoms with van der Waals surface area (Å²) in [6.45, 7) is 2.12. The molecule has 0 spiro atoms. The normalized spacial score (nSPS) is 10.5. The van der Waals surface area contributed by atoms with E-state index in [1.807, 2.05) is 42.5 Å². The molecule has 124 valence electrons. The summed E-state index contributed by atoms with van der Waals surface area (Å²) < 4.78 is 21.6. The van der Waals surface area contributed by atoms with Crippen LogP contribution in [-0.4, -0.2) is 24.4 Å². The third-order valence-corrected chi connectivity index (χ3v) is 3.53. The summed E-state index contributed by atoms with van der Waals surface area (Å²) in [7, 11) is 3.23. The zero-order valence-electron chi connectivity index (χ0n) is 13.8. The van der Waals surface area contributed by atoms with Crippen molar-refractivity contribution in [1.29, 1.82) is 0 Å². The fourth-order valence-electron chi connectivity index (χ4n) is 2.32. The number of hydrogen-bond donors (Lipinski definition) is 0. The molecule has 3 rings (SSSR count). The van der Waals surface area contributed by atoms with Crippen LogP contribution in [0.2, 0.25) is 0 Å². The highest BCUT2D eigenvalue weighted by Gasteiger charge is 2.12. The average Bonchev–Trinajstić information content (AvgIpc) is 3.06. The van der Waals surface area contributed by atoms with E-state index < -0.39 is 0 Å². The molecule has 0 unspecified atom stereocenters. The average molecular weight is 326 g/mol. The van der Waals surface area contributed by atoms with Gasteiger partial charge in [-0.3, -0.25) is 0 Å². The molecule has 0 radical (unpaired) electrons. The molecule has 6 nitrogen and oxygen atoms in total. The van der Waals surface area contributed by atoms with Gasteiger partial charge in [0.1, 0.15) is 12.4 Å². The molecule has 1 heterocycles. The second kappa shape index (κ2) is 7.04. The number of aromatic nitrogens is 2. The highest BCUT2D eigenvalue weighted by atomic mass is 16.5. The minimum absolute atomic E-state index is 0.376. The zero-order valence-corrected chi connectivity index (χ0v) is 13.8. The molecule has 0 fully saturated rings. The molecule has 0 N–H and O–H groups in total. The molecule has 2 aromatic carbocycles. The van der Waals surface area contributed by atoms with Crippen molar-refractivity contribution in [1.82, 2.24) is 10.1 Å². The second-order valence-corrected chi connectivity index (χ2v) is 5.10. The molecular weight excluding hydrogens is 308 g/mol. The van der Waals surface area contributed by atoms with Crippen LogP contribution in [-0.2, 0) is 6.61 Å². The van der Waals surface area contributed by atoms with Crippen LogP contribution < -0.4 is 14.2 Å². The molecule has 0 saturated carbocycles. The summed E-state index contributed by atoms with van der Waals surface area (Å²) >= 11 is 0. The number of nitrogens with zero attached hydrogens (tertiary/aromatic N) is 2. The predicted octanol–water partition coefficient (Wildman–Crippen LogP) is 3.64. The molecule has 0 bridgehead atoms. The van der Waals surface area contributed by atoms with Crippen LogP contribution in [0.15, 0.2) is 47.0 Å². The largest absolute Gasteiger partial charge is 0.496 e. The molecule has 24 heavy (non-hydrogen) atoms. The van der Waals surface area contributed by atoms with Crippen molar-refractivity contribution in [3.8, 4) is 28.6 Å². The van der Waals surface area contributed by atoms with Gasteiger partial charge in [-0.25, -0.2) is 0 Å². The van der Waals surface area contributed by atoms with Crippen LogP contribution in [0.25, 0.3) is 11.4 Å². The third-order valence-electron chi connectivity index (χ3n) is 3.53. The van der Waals surface area contributed by atoms with E-state index >= 15 is 0 Å². The summed E-state index contributed by atoms with van der Waals surface area (Å²) in [4.78, 5) is 4.21. The van der Waals surface area contributed by atoms with Gasteiger partial charge in [0, 0.05) is 18.1 Å². The topological polar surface area (TPSA) is 66.6 Å². The molecule has 0 aliphatic rings. The number of rotatable bonds is 6. The van der Waals surface area contributed by atoms with Crippen molar-refractivity contribution in [2.24, 2.45) is 0 Å². The van der Waals surface area contributed by atoms with Gasteiger partial charge in [-0.05, 0) is 24.3 Å². The minimum Gasteiger partial charge on any atom is -0.496 e. The third kappa shape index (κ3) is 3.32.